The zero-order valence-electron chi connectivity index (χ0n) is 16.1. The van der Waals surface area contributed by atoms with E-state index >= 15 is 0 Å². The Balaban J connectivity index is 1.69. The van der Waals surface area contributed by atoms with Gasteiger partial charge in [-0.05, 0) is 46.5 Å². The van der Waals surface area contributed by atoms with Gasteiger partial charge in [-0.2, -0.15) is 0 Å². The Hall–Kier alpha value is -2.86. The lowest BCUT2D eigenvalue weighted by Crippen LogP contribution is -2.36. The molecular formula is C22H22N2O3S. The third kappa shape index (κ3) is 4.70. The van der Waals surface area contributed by atoms with Gasteiger partial charge in [-0.25, -0.2) is 0 Å². The van der Waals surface area contributed by atoms with Gasteiger partial charge in [0.1, 0.15) is 6.54 Å². The van der Waals surface area contributed by atoms with E-state index in [2.05, 4.69) is 26.1 Å². The molecule has 0 aromatic heterocycles. The van der Waals surface area contributed by atoms with E-state index in [9.17, 15) is 14.4 Å². The normalized spacial score (nSPS) is 16.0. The van der Waals surface area contributed by atoms with Gasteiger partial charge in [0.15, 0.2) is 0 Å². The molecule has 0 spiro atoms. The minimum atomic E-state index is -0.446. The number of amides is 3. The van der Waals surface area contributed by atoms with Crippen molar-refractivity contribution in [3.05, 3.63) is 70.6 Å². The highest BCUT2D eigenvalue weighted by Crippen LogP contribution is 2.32. The van der Waals surface area contributed by atoms with Gasteiger partial charge in [0.25, 0.3) is 11.1 Å². The molecule has 0 radical (unpaired) electrons. The van der Waals surface area contributed by atoms with Gasteiger partial charge in [0, 0.05) is 5.69 Å². The fourth-order valence-corrected chi connectivity index (χ4v) is 3.57. The van der Waals surface area contributed by atoms with Crippen LogP contribution in [0.15, 0.2) is 59.5 Å². The van der Waals surface area contributed by atoms with Crippen LogP contribution in [0, 0.1) is 0 Å². The predicted molar refractivity (Wildman–Crippen MR) is 113 cm³/mol. The van der Waals surface area contributed by atoms with E-state index in [-0.39, 0.29) is 12.0 Å². The second-order valence-electron chi connectivity index (χ2n) is 7.55. The van der Waals surface area contributed by atoms with Crippen molar-refractivity contribution < 1.29 is 14.4 Å². The number of anilines is 1. The van der Waals surface area contributed by atoms with E-state index in [1.54, 1.807) is 30.3 Å². The van der Waals surface area contributed by atoms with Gasteiger partial charge in [-0.1, -0.05) is 63.2 Å². The number of carbonyl (C=O) groups is 3. The second kappa shape index (κ2) is 8.02. The van der Waals surface area contributed by atoms with Crippen LogP contribution in [-0.2, 0) is 15.0 Å². The first kappa shape index (κ1) is 19.9. The van der Waals surface area contributed by atoms with Crippen LogP contribution >= 0.6 is 11.8 Å². The molecule has 1 aliphatic heterocycles. The molecule has 1 saturated heterocycles. The molecule has 0 unspecified atom stereocenters. The molecule has 2 aromatic rings. The monoisotopic (exact) mass is 394 g/mol. The first-order chi connectivity index (χ1) is 13.2. The highest BCUT2D eigenvalue weighted by molar-refractivity contribution is 8.18. The number of hydrogen-bond acceptors (Lipinski definition) is 4. The molecule has 6 heteroatoms. The van der Waals surface area contributed by atoms with Gasteiger partial charge in [0.2, 0.25) is 5.91 Å². The van der Waals surface area contributed by atoms with Crippen LogP contribution in [0.5, 0.6) is 0 Å². The van der Waals surface area contributed by atoms with Crippen molar-refractivity contribution in [2.24, 2.45) is 0 Å². The summed E-state index contributed by atoms with van der Waals surface area (Å²) in [4.78, 5) is 38.2. The molecule has 1 fully saturated rings. The van der Waals surface area contributed by atoms with Crippen molar-refractivity contribution in [3.63, 3.8) is 0 Å². The molecule has 0 aliphatic carbocycles. The fourth-order valence-electron chi connectivity index (χ4n) is 2.73. The molecular weight excluding hydrogens is 372 g/mol. The topological polar surface area (TPSA) is 66.5 Å². The Morgan fingerprint density at radius 3 is 2.29 bits per heavy atom. The summed E-state index contributed by atoms with van der Waals surface area (Å²) in [5.74, 6) is -0.859. The number of para-hydroxylation sites is 1. The SMILES string of the molecule is CC(C)(C)c1ccc(/C=C2\SC(=O)N(CC(=O)Nc3ccccc3)C2=O)cc1. The summed E-state index contributed by atoms with van der Waals surface area (Å²) in [7, 11) is 0. The number of benzene rings is 2. The maximum absolute atomic E-state index is 12.6. The zero-order valence-corrected chi connectivity index (χ0v) is 16.9. The van der Waals surface area contributed by atoms with Crippen LogP contribution in [0.1, 0.15) is 31.9 Å². The van der Waals surface area contributed by atoms with E-state index in [4.69, 9.17) is 0 Å². The zero-order chi connectivity index (χ0) is 20.3. The largest absolute Gasteiger partial charge is 0.325 e. The molecule has 1 N–H and O–H groups in total. The van der Waals surface area contributed by atoms with Crippen LogP contribution in [0.25, 0.3) is 6.08 Å². The number of rotatable bonds is 4. The minimum Gasteiger partial charge on any atom is -0.325 e. The summed E-state index contributed by atoms with van der Waals surface area (Å²) in [6.45, 7) is 6.09. The summed E-state index contributed by atoms with van der Waals surface area (Å²) < 4.78 is 0. The molecule has 28 heavy (non-hydrogen) atoms. The summed E-state index contributed by atoms with van der Waals surface area (Å²) >= 11 is 0.853. The van der Waals surface area contributed by atoms with Crippen molar-refractivity contribution in [3.8, 4) is 0 Å². The quantitative estimate of drug-likeness (QED) is 0.766. The Morgan fingerprint density at radius 1 is 1.04 bits per heavy atom. The van der Waals surface area contributed by atoms with Gasteiger partial charge < -0.3 is 5.32 Å². The molecule has 2 aromatic carbocycles. The van der Waals surface area contributed by atoms with Gasteiger partial charge in [-0.15, -0.1) is 0 Å². The summed E-state index contributed by atoms with van der Waals surface area (Å²) in [6.07, 6.45) is 1.69. The first-order valence-electron chi connectivity index (χ1n) is 8.95. The van der Waals surface area contributed by atoms with Crippen LogP contribution in [0.2, 0.25) is 0 Å². The maximum Gasteiger partial charge on any atom is 0.294 e. The molecule has 144 valence electrons. The Kier molecular flexibility index (Phi) is 5.70. The number of thioether (sulfide) groups is 1. The molecule has 1 heterocycles. The number of carbonyl (C=O) groups excluding carboxylic acids is 3. The molecule has 3 rings (SSSR count). The summed E-state index contributed by atoms with van der Waals surface area (Å²) in [5, 5.41) is 2.24. The van der Waals surface area contributed by atoms with Crippen molar-refractivity contribution >= 4 is 40.6 Å². The lowest BCUT2D eigenvalue weighted by molar-refractivity contribution is -0.127. The predicted octanol–water partition coefficient (Wildman–Crippen LogP) is 4.66. The molecule has 0 atom stereocenters. The van der Waals surface area contributed by atoms with Gasteiger partial charge in [-0.3, -0.25) is 19.3 Å². The first-order valence-corrected chi connectivity index (χ1v) is 9.76. The third-order valence-corrected chi connectivity index (χ3v) is 5.21. The van der Waals surface area contributed by atoms with Crippen molar-refractivity contribution in [1.82, 2.24) is 4.90 Å². The Morgan fingerprint density at radius 2 is 1.68 bits per heavy atom. The molecule has 1 aliphatic rings. The van der Waals surface area contributed by atoms with E-state index in [0.717, 1.165) is 22.2 Å². The number of nitrogens with one attached hydrogen (secondary N) is 1. The summed E-state index contributed by atoms with van der Waals surface area (Å²) in [6, 6.07) is 16.8. The second-order valence-corrected chi connectivity index (χ2v) is 8.55. The number of hydrogen-bond donors (Lipinski definition) is 1. The van der Waals surface area contributed by atoms with Crippen molar-refractivity contribution in [1.29, 1.82) is 0 Å². The molecule has 0 bridgehead atoms. The highest BCUT2D eigenvalue weighted by atomic mass is 32.2. The number of imide groups is 1. The lowest BCUT2D eigenvalue weighted by atomic mass is 9.87. The lowest BCUT2D eigenvalue weighted by Gasteiger charge is -2.18. The van der Waals surface area contributed by atoms with Crippen LogP contribution in [0.3, 0.4) is 0 Å². The highest BCUT2D eigenvalue weighted by Gasteiger charge is 2.36. The van der Waals surface area contributed by atoms with Gasteiger partial charge in [0.05, 0.1) is 4.91 Å². The maximum atomic E-state index is 12.6. The van der Waals surface area contributed by atoms with Gasteiger partial charge >= 0.3 is 0 Å². The third-order valence-electron chi connectivity index (χ3n) is 4.31. The van der Waals surface area contributed by atoms with Crippen molar-refractivity contribution in [2.75, 3.05) is 11.9 Å². The number of nitrogens with zero attached hydrogens (tertiary/aromatic N) is 1. The smallest absolute Gasteiger partial charge is 0.294 e. The van der Waals surface area contributed by atoms with E-state index in [1.165, 1.54) is 5.56 Å². The standard InChI is InChI=1S/C22H22N2O3S/c1-22(2,3)16-11-9-15(10-12-16)13-18-20(26)24(21(27)28-18)14-19(25)23-17-7-5-4-6-8-17/h4-13H,14H2,1-3H3,(H,23,25)/b18-13-. The minimum absolute atomic E-state index is 0.0441. The van der Waals surface area contributed by atoms with Crippen LogP contribution < -0.4 is 5.32 Å². The van der Waals surface area contributed by atoms with E-state index < -0.39 is 17.1 Å². The average Bonchev–Trinajstić information content (AvgIpc) is 2.90. The molecule has 0 saturated carbocycles. The van der Waals surface area contributed by atoms with Crippen LogP contribution in [0.4, 0.5) is 10.5 Å². The summed E-state index contributed by atoms with van der Waals surface area (Å²) in [5.41, 5.74) is 2.69. The average molecular weight is 394 g/mol. The van der Waals surface area contributed by atoms with Crippen molar-refractivity contribution in [2.45, 2.75) is 26.2 Å². The van der Waals surface area contributed by atoms with E-state index in [1.807, 2.05) is 30.3 Å². The Labute approximate surface area is 168 Å². The fraction of sp³-hybridized carbons (Fsp3) is 0.227. The Bertz CT molecular complexity index is 929. The van der Waals surface area contributed by atoms with Crippen LogP contribution in [-0.4, -0.2) is 28.5 Å². The van der Waals surface area contributed by atoms with E-state index in [0.29, 0.717) is 10.6 Å². The molecule has 5 nitrogen and oxygen atoms in total. The molecule has 3 amide bonds.